The van der Waals surface area contributed by atoms with E-state index < -0.39 is 0 Å². The minimum atomic E-state index is 0.241. The van der Waals surface area contributed by atoms with Gasteiger partial charge in [-0.15, -0.1) is 0 Å². The third kappa shape index (κ3) is 2.31. The summed E-state index contributed by atoms with van der Waals surface area (Å²) in [7, 11) is 0. The van der Waals surface area contributed by atoms with E-state index in [0.29, 0.717) is 6.04 Å². The van der Waals surface area contributed by atoms with E-state index in [9.17, 15) is 0 Å². The molecule has 5 nitrogen and oxygen atoms in total. The van der Waals surface area contributed by atoms with Crippen LogP contribution >= 0.6 is 0 Å². The Morgan fingerprint density at radius 3 is 2.95 bits per heavy atom. The van der Waals surface area contributed by atoms with Crippen LogP contribution in [0.15, 0.2) is 12.3 Å². The van der Waals surface area contributed by atoms with Crippen LogP contribution in [0.5, 0.6) is 0 Å². The maximum Gasteiger partial charge on any atom is 0.155 e. The van der Waals surface area contributed by atoms with Gasteiger partial charge in [0.1, 0.15) is 0 Å². The molecule has 3 rings (SSSR count). The van der Waals surface area contributed by atoms with Crippen LogP contribution in [-0.4, -0.2) is 33.4 Å². The van der Waals surface area contributed by atoms with Crippen LogP contribution in [0.4, 0.5) is 0 Å². The lowest BCUT2D eigenvalue weighted by atomic mass is 10.1. The summed E-state index contributed by atoms with van der Waals surface area (Å²) in [5.74, 6) is 0. The highest BCUT2D eigenvalue weighted by atomic mass is 16.5. The first kappa shape index (κ1) is 13.5. The summed E-state index contributed by atoms with van der Waals surface area (Å²) in [5, 5.41) is 8.16. The largest absolute Gasteiger partial charge is 0.377 e. The van der Waals surface area contributed by atoms with E-state index in [1.165, 1.54) is 5.56 Å². The molecule has 5 heteroatoms. The van der Waals surface area contributed by atoms with E-state index in [0.717, 1.165) is 30.1 Å². The summed E-state index contributed by atoms with van der Waals surface area (Å²) in [4.78, 5) is 4.51. The first-order chi connectivity index (χ1) is 9.56. The topological polar surface area (TPSA) is 51.5 Å². The van der Waals surface area contributed by atoms with Gasteiger partial charge in [0, 0.05) is 42.2 Å². The normalized spacial score (nSPS) is 24.4. The fourth-order valence-electron chi connectivity index (χ4n) is 2.96. The van der Waals surface area contributed by atoms with Crippen molar-refractivity contribution in [2.45, 2.75) is 52.3 Å². The van der Waals surface area contributed by atoms with Crippen LogP contribution in [0.2, 0.25) is 0 Å². The molecule has 1 aliphatic rings. The molecule has 2 aromatic heterocycles. The zero-order valence-electron chi connectivity index (χ0n) is 12.6. The molecule has 3 atom stereocenters. The van der Waals surface area contributed by atoms with Crippen molar-refractivity contribution in [3.63, 3.8) is 0 Å². The second-order valence-corrected chi connectivity index (χ2v) is 5.71. The lowest BCUT2D eigenvalue weighted by Crippen LogP contribution is -2.36. The van der Waals surface area contributed by atoms with Crippen molar-refractivity contribution in [1.29, 1.82) is 0 Å². The Bertz CT molecular complexity index is 622. The Labute approximate surface area is 119 Å². The van der Waals surface area contributed by atoms with Gasteiger partial charge >= 0.3 is 0 Å². The van der Waals surface area contributed by atoms with E-state index >= 15 is 0 Å². The SMILES string of the molecule is Cc1cc2ncc(C(C)NC3CCOC3C)c(C)n2n1. The second-order valence-electron chi connectivity index (χ2n) is 5.71. The summed E-state index contributed by atoms with van der Waals surface area (Å²) in [6.07, 6.45) is 3.31. The van der Waals surface area contributed by atoms with Crippen molar-refractivity contribution >= 4 is 5.65 Å². The summed E-state index contributed by atoms with van der Waals surface area (Å²) >= 11 is 0. The molecule has 0 aliphatic carbocycles. The summed E-state index contributed by atoms with van der Waals surface area (Å²) in [6.45, 7) is 9.25. The van der Waals surface area contributed by atoms with E-state index in [1.54, 1.807) is 0 Å². The smallest absolute Gasteiger partial charge is 0.155 e. The van der Waals surface area contributed by atoms with Gasteiger partial charge in [0.05, 0.1) is 11.8 Å². The van der Waals surface area contributed by atoms with Crippen LogP contribution < -0.4 is 5.32 Å². The van der Waals surface area contributed by atoms with Gasteiger partial charge in [0.25, 0.3) is 0 Å². The standard InChI is InChI=1S/C15H22N4O/c1-9-7-15-16-8-13(11(3)19(15)18-9)10(2)17-14-5-6-20-12(14)4/h7-8,10,12,14,17H,5-6H2,1-4H3. The highest BCUT2D eigenvalue weighted by Gasteiger charge is 2.26. The average molecular weight is 274 g/mol. The van der Waals surface area contributed by atoms with Gasteiger partial charge in [-0.1, -0.05) is 0 Å². The van der Waals surface area contributed by atoms with Crippen molar-refractivity contribution in [1.82, 2.24) is 19.9 Å². The number of hydrogen-bond donors (Lipinski definition) is 1. The molecule has 1 saturated heterocycles. The first-order valence-corrected chi connectivity index (χ1v) is 7.26. The molecule has 20 heavy (non-hydrogen) atoms. The minimum Gasteiger partial charge on any atom is -0.377 e. The van der Waals surface area contributed by atoms with Crippen molar-refractivity contribution in [3.05, 3.63) is 29.2 Å². The molecule has 0 amide bonds. The number of ether oxygens (including phenoxy) is 1. The molecular formula is C15H22N4O. The van der Waals surface area contributed by atoms with Crippen molar-refractivity contribution < 1.29 is 4.74 Å². The number of rotatable bonds is 3. The predicted molar refractivity (Wildman–Crippen MR) is 77.8 cm³/mol. The number of aromatic nitrogens is 3. The van der Waals surface area contributed by atoms with Crippen LogP contribution in [0, 0.1) is 13.8 Å². The van der Waals surface area contributed by atoms with Crippen LogP contribution in [0.1, 0.15) is 43.3 Å². The lowest BCUT2D eigenvalue weighted by molar-refractivity contribution is 0.111. The molecule has 0 bridgehead atoms. The fourth-order valence-corrected chi connectivity index (χ4v) is 2.96. The molecule has 1 aliphatic heterocycles. The highest BCUT2D eigenvalue weighted by Crippen LogP contribution is 2.21. The lowest BCUT2D eigenvalue weighted by Gasteiger charge is -2.23. The monoisotopic (exact) mass is 274 g/mol. The molecule has 0 radical (unpaired) electrons. The van der Waals surface area contributed by atoms with E-state index in [2.05, 4.69) is 36.2 Å². The third-order valence-corrected chi connectivity index (χ3v) is 4.19. The third-order valence-electron chi connectivity index (χ3n) is 4.19. The quantitative estimate of drug-likeness (QED) is 0.932. The Hall–Kier alpha value is -1.46. The molecule has 0 aromatic carbocycles. The number of nitrogens with one attached hydrogen (secondary N) is 1. The highest BCUT2D eigenvalue weighted by molar-refractivity contribution is 5.42. The van der Waals surface area contributed by atoms with Crippen LogP contribution in [-0.2, 0) is 4.74 Å². The Kier molecular flexibility index (Phi) is 3.48. The molecule has 1 N–H and O–H groups in total. The molecule has 1 fully saturated rings. The molecule has 0 spiro atoms. The summed E-state index contributed by atoms with van der Waals surface area (Å²) < 4.78 is 7.54. The van der Waals surface area contributed by atoms with Crippen molar-refractivity contribution in [2.75, 3.05) is 6.61 Å². The van der Waals surface area contributed by atoms with Gasteiger partial charge in [0.15, 0.2) is 5.65 Å². The zero-order valence-corrected chi connectivity index (χ0v) is 12.6. The molecule has 3 unspecified atom stereocenters. The Balaban J connectivity index is 1.87. The maximum atomic E-state index is 5.61. The average Bonchev–Trinajstić information content (AvgIpc) is 2.96. The van der Waals surface area contributed by atoms with Gasteiger partial charge in [-0.25, -0.2) is 9.50 Å². The molecular weight excluding hydrogens is 252 g/mol. The number of hydrogen-bond acceptors (Lipinski definition) is 4. The molecule has 0 saturated carbocycles. The summed E-state index contributed by atoms with van der Waals surface area (Å²) in [6, 6.07) is 2.66. The zero-order chi connectivity index (χ0) is 14.3. The minimum absolute atomic E-state index is 0.241. The summed E-state index contributed by atoms with van der Waals surface area (Å²) in [5.41, 5.74) is 4.25. The van der Waals surface area contributed by atoms with Crippen molar-refractivity contribution in [2.24, 2.45) is 0 Å². The van der Waals surface area contributed by atoms with E-state index in [1.807, 2.05) is 23.7 Å². The van der Waals surface area contributed by atoms with Crippen LogP contribution in [0.3, 0.4) is 0 Å². The van der Waals surface area contributed by atoms with E-state index in [-0.39, 0.29) is 12.1 Å². The van der Waals surface area contributed by atoms with Gasteiger partial charge < -0.3 is 10.1 Å². The Morgan fingerprint density at radius 2 is 2.25 bits per heavy atom. The molecule has 3 heterocycles. The number of nitrogens with zero attached hydrogens (tertiary/aromatic N) is 3. The predicted octanol–water partition coefficient (Wildman–Crippen LogP) is 2.17. The van der Waals surface area contributed by atoms with Gasteiger partial charge in [-0.3, -0.25) is 0 Å². The van der Waals surface area contributed by atoms with Crippen molar-refractivity contribution in [3.8, 4) is 0 Å². The van der Waals surface area contributed by atoms with Crippen LogP contribution in [0.25, 0.3) is 5.65 Å². The van der Waals surface area contributed by atoms with Gasteiger partial charge in [-0.05, 0) is 34.1 Å². The maximum absolute atomic E-state index is 5.61. The van der Waals surface area contributed by atoms with E-state index in [4.69, 9.17) is 4.74 Å². The molecule has 2 aromatic rings. The molecule has 108 valence electrons. The fraction of sp³-hybridized carbons (Fsp3) is 0.600. The number of aryl methyl sites for hydroxylation is 2. The van der Waals surface area contributed by atoms with Gasteiger partial charge in [-0.2, -0.15) is 5.10 Å². The number of fused-ring (bicyclic) bond motifs is 1. The Morgan fingerprint density at radius 1 is 1.45 bits per heavy atom. The van der Waals surface area contributed by atoms with Gasteiger partial charge in [0.2, 0.25) is 0 Å². The second kappa shape index (κ2) is 5.14. The first-order valence-electron chi connectivity index (χ1n) is 7.26.